The number of methoxy groups -OCH3 is 2. The Morgan fingerprint density at radius 1 is 1.17 bits per heavy atom. The lowest BCUT2D eigenvalue weighted by atomic mass is 9.56. The number of aliphatic hydroxyl groups excluding tert-OH is 1. The van der Waals surface area contributed by atoms with Crippen LogP contribution < -0.4 is 4.74 Å². The average Bonchev–Trinajstić information content (AvgIpc) is 2.61. The van der Waals surface area contributed by atoms with E-state index >= 15 is 0 Å². The molecule has 4 nitrogen and oxygen atoms in total. The van der Waals surface area contributed by atoms with Crippen molar-refractivity contribution in [3.8, 4) is 5.75 Å². The van der Waals surface area contributed by atoms with Crippen LogP contribution in [-0.4, -0.2) is 31.4 Å². The molecular weight excluding hydrogens is 304 g/mol. The van der Waals surface area contributed by atoms with Crippen LogP contribution in [0.4, 0.5) is 0 Å². The minimum Gasteiger partial charge on any atom is -0.497 e. The molecule has 0 bridgehead atoms. The van der Waals surface area contributed by atoms with E-state index in [0.29, 0.717) is 11.8 Å². The van der Waals surface area contributed by atoms with Gasteiger partial charge in [-0.25, -0.2) is 0 Å². The van der Waals surface area contributed by atoms with Crippen molar-refractivity contribution in [3.05, 3.63) is 29.8 Å². The number of rotatable bonds is 3. The Morgan fingerprint density at radius 3 is 2.50 bits per heavy atom. The highest BCUT2D eigenvalue weighted by Crippen LogP contribution is 2.55. The Balaban J connectivity index is 1.93. The van der Waals surface area contributed by atoms with Gasteiger partial charge in [0.1, 0.15) is 5.75 Å². The molecule has 1 aromatic carbocycles. The molecule has 0 aromatic heterocycles. The fourth-order valence-electron chi connectivity index (χ4n) is 4.92. The van der Waals surface area contributed by atoms with Crippen LogP contribution in [0.5, 0.6) is 5.75 Å². The van der Waals surface area contributed by atoms with Gasteiger partial charge in [-0.1, -0.05) is 12.1 Å². The first-order valence-electron chi connectivity index (χ1n) is 8.87. The van der Waals surface area contributed by atoms with Gasteiger partial charge in [-0.3, -0.25) is 4.79 Å². The molecule has 2 saturated carbocycles. The highest BCUT2D eigenvalue weighted by Gasteiger charge is 2.49. The zero-order chi connectivity index (χ0) is 17.3. The summed E-state index contributed by atoms with van der Waals surface area (Å²) in [6, 6.07) is 8.16. The standard InChI is InChI=1S/C20H28O4/c1-20(19(22)24-3)11-14-4-7-15(21)10-17(14)18(12-20)13-5-8-16(23-2)9-6-13/h5-6,8-9,14-15,17-18,21H,4,7,10-12H2,1-3H3/t14-,15+,17-,18-,20-/m1/s1. The summed E-state index contributed by atoms with van der Waals surface area (Å²) in [7, 11) is 3.14. The molecule has 0 heterocycles. The van der Waals surface area contributed by atoms with E-state index in [-0.39, 0.29) is 18.0 Å². The third-order valence-electron chi connectivity index (χ3n) is 6.14. The van der Waals surface area contributed by atoms with Crippen LogP contribution in [0.25, 0.3) is 0 Å². The minimum atomic E-state index is -0.442. The van der Waals surface area contributed by atoms with Crippen LogP contribution in [0.1, 0.15) is 50.5 Å². The molecule has 132 valence electrons. The summed E-state index contributed by atoms with van der Waals surface area (Å²) >= 11 is 0. The average molecular weight is 332 g/mol. The van der Waals surface area contributed by atoms with Gasteiger partial charge in [0.2, 0.25) is 0 Å². The van der Waals surface area contributed by atoms with E-state index in [1.807, 2.05) is 19.1 Å². The number of fused-ring (bicyclic) bond motifs is 1. The molecule has 5 atom stereocenters. The first-order valence-corrected chi connectivity index (χ1v) is 8.87. The Hall–Kier alpha value is -1.55. The second-order valence-electron chi connectivity index (χ2n) is 7.73. The monoisotopic (exact) mass is 332 g/mol. The molecule has 0 amide bonds. The van der Waals surface area contributed by atoms with E-state index in [4.69, 9.17) is 9.47 Å². The van der Waals surface area contributed by atoms with Crippen LogP contribution in [-0.2, 0) is 9.53 Å². The van der Waals surface area contributed by atoms with Gasteiger partial charge in [-0.15, -0.1) is 0 Å². The summed E-state index contributed by atoms with van der Waals surface area (Å²) in [4.78, 5) is 12.4. The highest BCUT2D eigenvalue weighted by molar-refractivity contribution is 5.76. The number of hydrogen-bond donors (Lipinski definition) is 1. The van der Waals surface area contributed by atoms with Gasteiger partial charge >= 0.3 is 5.97 Å². The van der Waals surface area contributed by atoms with Crippen molar-refractivity contribution in [3.63, 3.8) is 0 Å². The zero-order valence-corrected chi connectivity index (χ0v) is 14.8. The second-order valence-corrected chi connectivity index (χ2v) is 7.73. The molecule has 0 aliphatic heterocycles. The maximum absolute atomic E-state index is 12.4. The summed E-state index contributed by atoms with van der Waals surface area (Å²) in [5.74, 6) is 1.91. The number of carbonyl (C=O) groups excluding carboxylic acids is 1. The molecule has 2 aliphatic rings. The van der Waals surface area contributed by atoms with Gasteiger partial charge in [0.25, 0.3) is 0 Å². The Morgan fingerprint density at radius 2 is 1.88 bits per heavy atom. The molecule has 1 aromatic rings. The molecular formula is C20H28O4. The topological polar surface area (TPSA) is 55.8 Å². The fourth-order valence-corrected chi connectivity index (χ4v) is 4.92. The van der Waals surface area contributed by atoms with E-state index in [1.165, 1.54) is 12.7 Å². The van der Waals surface area contributed by atoms with Gasteiger partial charge in [-0.2, -0.15) is 0 Å². The number of aliphatic hydroxyl groups is 1. The van der Waals surface area contributed by atoms with Gasteiger partial charge in [0.05, 0.1) is 25.7 Å². The van der Waals surface area contributed by atoms with E-state index in [0.717, 1.165) is 37.9 Å². The first-order chi connectivity index (χ1) is 11.5. The van der Waals surface area contributed by atoms with Gasteiger partial charge in [0, 0.05) is 0 Å². The maximum Gasteiger partial charge on any atom is 0.311 e. The second kappa shape index (κ2) is 6.75. The molecule has 3 rings (SSSR count). The normalized spacial score (nSPS) is 35.8. The summed E-state index contributed by atoms with van der Waals surface area (Å²) in [5, 5.41) is 10.2. The molecule has 2 fully saturated rings. The number of hydrogen-bond acceptors (Lipinski definition) is 4. The van der Waals surface area contributed by atoms with Gasteiger partial charge in [-0.05, 0) is 74.5 Å². The fraction of sp³-hybridized carbons (Fsp3) is 0.650. The van der Waals surface area contributed by atoms with Gasteiger partial charge < -0.3 is 14.6 Å². The van der Waals surface area contributed by atoms with Crippen molar-refractivity contribution in [2.24, 2.45) is 17.3 Å². The quantitative estimate of drug-likeness (QED) is 0.860. The number of ether oxygens (including phenoxy) is 2. The predicted octanol–water partition coefficient (Wildman–Crippen LogP) is 3.53. The Bertz CT molecular complexity index is 582. The highest BCUT2D eigenvalue weighted by atomic mass is 16.5. The third kappa shape index (κ3) is 3.16. The van der Waals surface area contributed by atoms with E-state index < -0.39 is 5.41 Å². The van der Waals surface area contributed by atoms with Crippen molar-refractivity contribution in [2.45, 2.75) is 51.0 Å². The Kier molecular flexibility index (Phi) is 4.86. The molecule has 0 unspecified atom stereocenters. The third-order valence-corrected chi connectivity index (χ3v) is 6.14. The molecule has 0 radical (unpaired) electrons. The molecule has 0 spiro atoms. The van der Waals surface area contributed by atoms with Crippen molar-refractivity contribution >= 4 is 5.97 Å². The lowest BCUT2D eigenvalue weighted by Gasteiger charge is -2.49. The molecule has 4 heteroatoms. The lowest BCUT2D eigenvalue weighted by Crippen LogP contribution is -2.45. The van der Waals surface area contributed by atoms with Crippen molar-refractivity contribution in [1.29, 1.82) is 0 Å². The predicted molar refractivity (Wildman–Crippen MR) is 91.9 cm³/mol. The van der Waals surface area contributed by atoms with Crippen LogP contribution in [0, 0.1) is 17.3 Å². The SMILES string of the molecule is COC(=O)[C@]1(C)C[C@H]2CC[C@H](O)C[C@H]2[C@@H](c2ccc(OC)cc2)C1. The lowest BCUT2D eigenvalue weighted by molar-refractivity contribution is -0.157. The summed E-state index contributed by atoms with van der Waals surface area (Å²) < 4.78 is 10.4. The Labute approximate surface area is 144 Å². The largest absolute Gasteiger partial charge is 0.497 e. The van der Waals surface area contributed by atoms with Crippen LogP contribution in [0.3, 0.4) is 0 Å². The molecule has 24 heavy (non-hydrogen) atoms. The zero-order valence-electron chi connectivity index (χ0n) is 14.8. The minimum absolute atomic E-state index is 0.106. The van der Waals surface area contributed by atoms with Crippen LogP contribution in [0.15, 0.2) is 24.3 Å². The first kappa shape index (κ1) is 17.3. The maximum atomic E-state index is 12.4. The number of benzene rings is 1. The molecule has 2 aliphatic carbocycles. The summed E-state index contributed by atoms with van der Waals surface area (Å²) in [6.45, 7) is 2.04. The van der Waals surface area contributed by atoms with Crippen LogP contribution in [0.2, 0.25) is 0 Å². The summed E-state index contributed by atoms with van der Waals surface area (Å²) in [6.07, 6.45) is 4.09. The van der Waals surface area contributed by atoms with Crippen molar-refractivity contribution in [1.82, 2.24) is 0 Å². The van der Waals surface area contributed by atoms with Crippen molar-refractivity contribution < 1.29 is 19.4 Å². The molecule has 0 saturated heterocycles. The summed E-state index contributed by atoms with van der Waals surface area (Å²) in [5.41, 5.74) is 0.790. The molecule has 1 N–H and O–H groups in total. The van der Waals surface area contributed by atoms with Gasteiger partial charge in [0.15, 0.2) is 0 Å². The van der Waals surface area contributed by atoms with E-state index in [1.54, 1.807) is 7.11 Å². The van der Waals surface area contributed by atoms with Crippen molar-refractivity contribution in [2.75, 3.05) is 14.2 Å². The number of esters is 1. The van der Waals surface area contributed by atoms with E-state index in [2.05, 4.69) is 12.1 Å². The van der Waals surface area contributed by atoms with Crippen LogP contribution >= 0.6 is 0 Å². The number of carbonyl (C=O) groups is 1. The van der Waals surface area contributed by atoms with E-state index in [9.17, 15) is 9.90 Å². The smallest absolute Gasteiger partial charge is 0.311 e.